The molecule has 0 saturated carbocycles. The van der Waals surface area contributed by atoms with Crippen LogP contribution in [-0.2, 0) is 6.61 Å². The number of ether oxygens (including phenoxy) is 1. The summed E-state index contributed by atoms with van der Waals surface area (Å²) >= 11 is 15.1. The number of rotatable bonds is 6. The van der Waals surface area contributed by atoms with Crippen LogP contribution in [0.25, 0.3) is 0 Å². The van der Waals surface area contributed by atoms with Crippen molar-refractivity contribution in [3.63, 3.8) is 0 Å². The van der Waals surface area contributed by atoms with Crippen molar-refractivity contribution in [2.24, 2.45) is 5.10 Å². The Morgan fingerprint density at radius 2 is 1.87 bits per heavy atom. The SMILES string of the molecule is Cc1cc(NC(=O)N/N=C/c2cc(Br)c(OCc3ccc(Cl)cc3)c(I)c2)ccc1Br. The van der Waals surface area contributed by atoms with Gasteiger partial charge in [-0.1, -0.05) is 39.7 Å². The highest BCUT2D eigenvalue weighted by Gasteiger charge is 2.09. The minimum absolute atomic E-state index is 0.422. The van der Waals surface area contributed by atoms with E-state index < -0.39 is 6.03 Å². The monoisotopic (exact) mass is 675 g/mol. The number of urea groups is 1. The van der Waals surface area contributed by atoms with Crippen molar-refractivity contribution in [1.29, 1.82) is 0 Å². The molecule has 0 bridgehead atoms. The van der Waals surface area contributed by atoms with Crippen molar-refractivity contribution >= 4 is 84.0 Å². The molecule has 2 amide bonds. The summed E-state index contributed by atoms with van der Waals surface area (Å²) in [4.78, 5) is 12.0. The van der Waals surface area contributed by atoms with Gasteiger partial charge in [0.1, 0.15) is 12.4 Å². The summed E-state index contributed by atoms with van der Waals surface area (Å²) in [6.07, 6.45) is 1.57. The van der Waals surface area contributed by atoms with E-state index >= 15 is 0 Å². The molecule has 3 aromatic rings. The van der Waals surface area contributed by atoms with Crippen molar-refractivity contribution in [3.8, 4) is 5.75 Å². The van der Waals surface area contributed by atoms with Crippen molar-refractivity contribution in [1.82, 2.24) is 5.43 Å². The molecule has 2 N–H and O–H groups in total. The van der Waals surface area contributed by atoms with Crippen LogP contribution >= 0.6 is 66.1 Å². The number of nitrogens with one attached hydrogen (secondary N) is 2. The third-order valence-corrected chi connectivity index (χ3v) is 6.64. The average Bonchev–Trinajstić information content (AvgIpc) is 2.71. The van der Waals surface area contributed by atoms with E-state index in [1.54, 1.807) is 6.21 Å². The lowest BCUT2D eigenvalue weighted by Gasteiger charge is -2.11. The molecule has 0 aliphatic carbocycles. The van der Waals surface area contributed by atoms with Crippen LogP contribution in [0.15, 0.2) is 68.6 Å². The summed E-state index contributed by atoms with van der Waals surface area (Å²) in [6, 6.07) is 16.5. The zero-order chi connectivity index (χ0) is 22.4. The van der Waals surface area contributed by atoms with Gasteiger partial charge >= 0.3 is 6.03 Å². The Hall–Kier alpha value is -1.62. The first-order valence-corrected chi connectivity index (χ1v) is 12.1. The first-order valence-electron chi connectivity index (χ1n) is 9.04. The van der Waals surface area contributed by atoms with Crippen molar-refractivity contribution in [2.45, 2.75) is 13.5 Å². The maximum Gasteiger partial charge on any atom is 0.339 e. The van der Waals surface area contributed by atoms with Crippen LogP contribution in [0.3, 0.4) is 0 Å². The molecule has 0 aliphatic heterocycles. The molecule has 0 radical (unpaired) electrons. The Kier molecular flexibility index (Phi) is 8.76. The van der Waals surface area contributed by atoms with Gasteiger partial charge in [0, 0.05) is 15.2 Å². The molecule has 31 heavy (non-hydrogen) atoms. The van der Waals surface area contributed by atoms with E-state index in [0.717, 1.165) is 35.0 Å². The molecule has 0 spiro atoms. The molecule has 0 aliphatic rings. The highest BCUT2D eigenvalue weighted by atomic mass is 127. The number of benzene rings is 3. The van der Waals surface area contributed by atoms with Gasteiger partial charge in [0.15, 0.2) is 0 Å². The van der Waals surface area contributed by atoms with Crippen molar-refractivity contribution in [3.05, 3.63) is 88.8 Å². The minimum atomic E-state index is -0.422. The third kappa shape index (κ3) is 7.20. The standard InChI is InChI=1S/C22H17Br2ClIN3O2/c1-13-8-17(6-7-18(13)23)28-22(30)29-27-11-15-9-19(24)21(20(26)10-15)31-12-14-2-4-16(25)5-3-14/h2-11H,12H2,1H3,(H2,28,29,30)/b27-11+. The van der Waals surface area contributed by atoms with Crippen LogP contribution in [0.2, 0.25) is 5.02 Å². The minimum Gasteiger partial charge on any atom is -0.487 e. The van der Waals surface area contributed by atoms with Crippen molar-refractivity contribution < 1.29 is 9.53 Å². The Morgan fingerprint density at radius 3 is 2.55 bits per heavy atom. The molecule has 9 heteroatoms. The molecule has 5 nitrogen and oxygen atoms in total. The van der Waals surface area contributed by atoms with Gasteiger partial charge in [0.25, 0.3) is 0 Å². The van der Waals surface area contributed by atoms with E-state index in [9.17, 15) is 4.79 Å². The number of amides is 2. The number of aryl methyl sites for hydroxylation is 1. The summed E-state index contributed by atoms with van der Waals surface area (Å²) in [6.45, 7) is 2.38. The number of hydrogen-bond donors (Lipinski definition) is 2. The van der Waals surface area contributed by atoms with Crippen LogP contribution < -0.4 is 15.5 Å². The first-order chi connectivity index (χ1) is 14.8. The molecule has 0 atom stereocenters. The van der Waals surface area contributed by atoms with Crippen molar-refractivity contribution in [2.75, 3.05) is 5.32 Å². The molecule has 3 aromatic carbocycles. The lowest BCUT2D eigenvalue weighted by Crippen LogP contribution is -2.24. The number of hydrazone groups is 1. The summed E-state index contributed by atoms with van der Waals surface area (Å²) in [7, 11) is 0. The number of halogens is 4. The van der Waals surface area contributed by atoms with E-state index in [4.69, 9.17) is 16.3 Å². The Labute approximate surface area is 216 Å². The van der Waals surface area contributed by atoms with Gasteiger partial charge in [0.2, 0.25) is 0 Å². The van der Waals surface area contributed by atoms with Crippen LogP contribution in [-0.4, -0.2) is 12.2 Å². The smallest absolute Gasteiger partial charge is 0.339 e. The molecular weight excluding hydrogens is 660 g/mol. The van der Waals surface area contributed by atoms with Gasteiger partial charge in [-0.25, -0.2) is 10.2 Å². The van der Waals surface area contributed by atoms with E-state index in [1.165, 1.54) is 0 Å². The van der Waals surface area contributed by atoms with Crippen LogP contribution in [0, 0.1) is 10.5 Å². The second kappa shape index (κ2) is 11.3. The predicted molar refractivity (Wildman–Crippen MR) is 141 cm³/mol. The Bertz CT molecular complexity index is 1100. The highest BCUT2D eigenvalue weighted by molar-refractivity contribution is 14.1. The molecular formula is C22H17Br2ClIN3O2. The molecule has 3 rings (SSSR count). The van der Waals surface area contributed by atoms with Gasteiger partial charge in [-0.3, -0.25) is 0 Å². The van der Waals surface area contributed by atoms with E-state index in [1.807, 2.05) is 61.5 Å². The zero-order valence-electron chi connectivity index (χ0n) is 16.3. The Balaban J connectivity index is 1.58. The van der Waals surface area contributed by atoms with Gasteiger partial charge in [0.05, 0.1) is 14.3 Å². The number of nitrogens with zero attached hydrogens (tertiary/aromatic N) is 1. The molecule has 0 unspecified atom stereocenters. The molecule has 0 saturated heterocycles. The second-order valence-electron chi connectivity index (χ2n) is 6.52. The topological polar surface area (TPSA) is 62.7 Å². The first kappa shape index (κ1) is 24.0. The average molecular weight is 678 g/mol. The maximum absolute atomic E-state index is 12.0. The molecule has 160 valence electrons. The predicted octanol–water partition coefficient (Wildman–Crippen LogP) is 7.51. The van der Waals surface area contributed by atoms with Gasteiger partial charge in [-0.15, -0.1) is 0 Å². The van der Waals surface area contributed by atoms with Gasteiger partial charge in [-0.2, -0.15) is 5.10 Å². The summed E-state index contributed by atoms with van der Waals surface area (Å²) < 4.78 is 8.64. The number of hydrogen-bond acceptors (Lipinski definition) is 3. The lowest BCUT2D eigenvalue weighted by atomic mass is 10.2. The summed E-state index contributed by atoms with van der Waals surface area (Å²) in [5.74, 6) is 0.740. The van der Waals surface area contributed by atoms with Crippen LogP contribution in [0.1, 0.15) is 16.7 Å². The quantitative estimate of drug-likeness (QED) is 0.161. The van der Waals surface area contributed by atoms with Crippen LogP contribution in [0.5, 0.6) is 5.75 Å². The van der Waals surface area contributed by atoms with Crippen LogP contribution in [0.4, 0.5) is 10.5 Å². The van der Waals surface area contributed by atoms with E-state index in [2.05, 4.69) is 70.3 Å². The number of carbonyl (C=O) groups is 1. The Morgan fingerprint density at radius 1 is 1.13 bits per heavy atom. The second-order valence-corrected chi connectivity index (χ2v) is 9.82. The van der Waals surface area contributed by atoms with E-state index in [0.29, 0.717) is 17.3 Å². The number of anilines is 1. The van der Waals surface area contributed by atoms with E-state index in [-0.39, 0.29) is 0 Å². The fraction of sp³-hybridized carbons (Fsp3) is 0.0909. The van der Waals surface area contributed by atoms with Gasteiger partial charge in [-0.05, 0) is 105 Å². The summed E-state index contributed by atoms with van der Waals surface area (Å²) in [5, 5.41) is 7.45. The molecule has 0 aromatic heterocycles. The normalized spacial score (nSPS) is 10.9. The molecule has 0 fully saturated rings. The largest absolute Gasteiger partial charge is 0.487 e. The number of carbonyl (C=O) groups excluding carboxylic acids is 1. The fourth-order valence-corrected chi connectivity index (χ4v) is 4.72. The molecule has 0 heterocycles. The lowest BCUT2D eigenvalue weighted by molar-refractivity contribution is 0.252. The zero-order valence-corrected chi connectivity index (χ0v) is 22.3. The summed E-state index contributed by atoms with van der Waals surface area (Å²) in [5.41, 5.74) is 6.02. The third-order valence-electron chi connectivity index (χ3n) is 4.11. The highest BCUT2D eigenvalue weighted by Crippen LogP contribution is 2.32. The fourth-order valence-electron chi connectivity index (χ4n) is 2.57. The van der Waals surface area contributed by atoms with Gasteiger partial charge < -0.3 is 10.1 Å². The maximum atomic E-state index is 12.0.